The van der Waals surface area contributed by atoms with Crippen LogP contribution in [0.25, 0.3) is 0 Å². The van der Waals surface area contributed by atoms with Gasteiger partial charge in [-0.05, 0) is 37.6 Å². The van der Waals surface area contributed by atoms with Crippen LogP contribution in [-0.2, 0) is 0 Å². The minimum Gasteiger partial charge on any atom is -0.494 e. The smallest absolute Gasteiger partial charge is 0.253 e. The number of carbonyl (C=O) groups is 1. The third kappa shape index (κ3) is 4.56. The zero-order valence-corrected chi connectivity index (χ0v) is 11.9. The van der Waals surface area contributed by atoms with Gasteiger partial charge in [0.25, 0.3) is 5.91 Å². The molecule has 1 aromatic carbocycles. The first-order chi connectivity index (χ1) is 9.10. The maximum Gasteiger partial charge on any atom is 0.253 e. The molecule has 0 fully saturated rings. The Morgan fingerprint density at radius 2 is 2.00 bits per heavy atom. The first-order valence-corrected chi connectivity index (χ1v) is 6.71. The highest BCUT2D eigenvalue weighted by molar-refractivity contribution is 5.94. The summed E-state index contributed by atoms with van der Waals surface area (Å²) in [6, 6.07) is 6.93. The van der Waals surface area contributed by atoms with Crippen LogP contribution in [0.1, 0.15) is 37.0 Å². The van der Waals surface area contributed by atoms with E-state index >= 15 is 0 Å². The second-order valence-corrected chi connectivity index (χ2v) is 4.67. The predicted octanol–water partition coefficient (Wildman–Crippen LogP) is 2.32. The standard InChI is InChI=1S/C15H23NO3/c1-4-5-10-19-14-8-6-13(7-9-14)15(18)16(3)12(2)11-17/h6-9,12,17H,4-5,10-11H2,1-3H3. The van der Waals surface area contributed by atoms with Crippen molar-refractivity contribution in [3.8, 4) is 5.75 Å². The number of hydrogen-bond acceptors (Lipinski definition) is 3. The molecule has 106 valence electrons. The fraction of sp³-hybridized carbons (Fsp3) is 0.533. The van der Waals surface area contributed by atoms with Crippen molar-refractivity contribution in [3.05, 3.63) is 29.8 Å². The van der Waals surface area contributed by atoms with E-state index < -0.39 is 0 Å². The van der Waals surface area contributed by atoms with Gasteiger partial charge >= 0.3 is 0 Å². The van der Waals surface area contributed by atoms with Crippen molar-refractivity contribution in [1.82, 2.24) is 4.90 Å². The van der Waals surface area contributed by atoms with Gasteiger partial charge in [-0.25, -0.2) is 0 Å². The first-order valence-electron chi connectivity index (χ1n) is 6.71. The first kappa shape index (κ1) is 15.5. The molecule has 4 heteroatoms. The Kier molecular flexibility index (Phi) is 6.36. The van der Waals surface area contributed by atoms with Gasteiger partial charge in [-0.1, -0.05) is 13.3 Å². The molecular formula is C15H23NO3. The number of likely N-dealkylation sites (N-methyl/N-ethyl adjacent to an activating group) is 1. The SMILES string of the molecule is CCCCOc1ccc(C(=O)N(C)C(C)CO)cc1. The summed E-state index contributed by atoms with van der Waals surface area (Å²) in [7, 11) is 1.69. The third-order valence-corrected chi connectivity index (χ3v) is 3.11. The molecular weight excluding hydrogens is 242 g/mol. The van der Waals surface area contributed by atoms with Gasteiger partial charge in [-0.2, -0.15) is 0 Å². The van der Waals surface area contributed by atoms with Crippen molar-refractivity contribution < 1.29 is 14.6 Å². The van der Waals surface area contributed by atoms with E-state index in [4.69, 9.17) is 9.84 Å². The fourth-order valence-electron chi connectivity index (χ4n) is 1.55. The molecule has 0 aliphatic carbocycles. The Balaban J connectivity index is 2.62. The number of unbranched alkanes of at least 4 members (excludes halogenated alkanes) is 1. The number of aliphatic hydroxyl groups is 1. The molecule has 0 radical (unpaired) electrons. The third-order valence-electron chi connectivity index (χ3n) is 3.11. The van der Waals surface area contributed by atoms with Crippen LogP contribution >= 0.6 is 0 Å². The van der Waals surface area contributed by atoms with Crippen molar-refractivity contribution in [2.24, 2.45) is 0 Å². The van der Waals surface area contributed by atoms with E-state index in [0.29, 0.717) is 12.2 Å². The highest BCUT2D eigenvalue weighted by Crippen LogP contribution is 2.14. The van der Waals surface area contributed by atoms with Crippen LogP contribution in [0.4, 0.5) is 0 Å². The van der Waals surface area contributed by atoms with Crippen molar-refractivity contribution in [3.63, 3.8) is 0 Å². The molecule has 1 amide bonds. The molecule has 0 aliphatic heterocycles. The molecule has 0 saturated heterocycles. The number of amides is 1. The van der Waals surface area contributed by atoms with Crippen molar-refractivity contribution in [2.45, 2.75) is 32.7 Å². The molecule has 1 N–H and O–H groups in total. The average Bonchev–Trinajstić information content (AvgIpc) is 2.46. The van der Waals surface area contributed by atoms with Crippen LogP contribution in [0.15, 0.2) is 24.3 Å². The topological polar surface area (TPSA) is 49.8 Å². The minimum absolute atomic E-state index is 0.0412. The molecule has 0 heterocycles. The van der Waals surface area contributed by atoms with Crippen LogP contribution in [0, 0.1) is 0 Å². The number of rotatable bonds is 7. The van der Waals surface area contributed by atoms with E-state index in [1.807, 2.05) is 0 Å². The van der Waals surface area contributed by atoms with Crippen molar-refractivity contribution in [1.29, 1.82) is 0 Å². The van der Waals surface area contributed by atoms with Crippen LogP contribution in [0.3, 0.4) is 0 Å². The highest BCUT2D eigenvalue weighted by atomic mass is 16.5. The van der Waals surface area contributed by atoms with Gasteiger partial charge in [0, 0.05) is 12.6 Å². The summed E-state index contributed by atoms with van der Waals surface area (Å²) >= 11 is 0. The number of aliphatic hydroxyl groups excluding tert-OH is 1. The molecule has 0 saturated carbocycles. The molecule has 0 aromatic heterocycles. The molecule has 1 atom stereocenters. The van der Waals surface area contributed by atoms with Crippen LogP contribution in [0.2, 0.25) is 0 Å². The van der Waals surface area contributed by atoms with Crippen LogP contribution in [0.5, 0.6) is 5.75 Å². The second-order valence-electron chi connectivity index (χ2n) is 4.67. The Morgan fingerprint density at radius 1 is 1.37 bits per heavy atom. The molecule has 19 heavy (non-hydrogen) atoms. The monoisotopic (exact) mass is 265 g/mol. The van der Waals surface area contributed by atoms with Gasteiger partial charge < -0.3 is 14.7 Å². The largest absolute Gasteiger partial charge is 0.494 e. The minimum atomic E-state index is -0.187. The van der Waals surface area contributed by atoms with Gasteiger partial charge in [0.2, 0.25) is 0 Å². The van der Waals surface area contributed by atoms with Crippen molar-refractivity contribution in [2.75, 3.05) is 20.3 Å². The van der Waals surface area contributed by atoms with Gasteiger partial charge in [0.15, 0.2) is 0 Å². The zero-order chi connectivity index (χ0) is 14.3. The van der Waals surface area contributed by atoms with E-state index in [1.54, 1.807) is 38.2 Å². The zero-order valence-electron chi connectivity index (χ0n) is 11.9. The molecule has 0 aliphatic rings. The normalized spacial score (nSPS) is 12.0. The van der Waals surface area contributed by atoms with Gasteiger partial charge in [0.1, 0.15) is 5.75 Å². The van der Waals surface area contributed by atoms with Gasteiger partial charge in [0.05, 0.1) is 19.3 Å². The number of carbonyl (C=O) groups excluding carboxylic acids is 1. The summed E-state index contributed by atoms with van der Waals surface area (Å²) in [6.45, 7) is 4.58. The summed E-state index contributed by atoms with van der Waals surface area (Å²) in [5.74, 6) is 0.685. The highest BCUT2D eigenvalue weighted by Gasteiger charge is 2.16. The van der Waals surface area contributed by atoms with E-state index in [9.17, 15) is 4.79 Å². The second kappa shape index (κ2) is 7.79. The summed E-state index contributed by atoms with van der Waals surface area (Å²) in [6.07, 6.45) is 2.12. The molecule has 1 rings (SSSR count). The van der Waals surface area contributed by atoms with Gasteiger partial charge in [-0.3, -0.25) is 4.79 Å². The maximum atomic E-state index is 12.1. The summed E-state index contributed by atoms with van der Waals surface area (Å²) in [4.78, 5) is 13.6. The lowest BCUT2D eigenvalue weighted by atomic mass is 10.1. The summed E-state index contributed by atoms with van der Waals surface area (Å²) in [5, 5.41) is 9.05. The average molecular weight is 265 g/mol. The summed E-state index contributed by atoms with van der Waals surface area (Å²) in [5.41, 5.74) is 0.602. The Labute approximate surface area is 115 Å². The summed E-state index contributed by atoms with van der Waals surface area (Å²) < 4.78 is 5.55. The number of nitrogens with zero attached hydrogens (tertiary/aromatic N) is 1. The molecule has 4 nitrogen and oxygen atoms in total. The van der Waals surface area contributed by atoms with Gasteiger partial charge in [-0.15, -0.1) is 0 Å². The Morgan fingerprint density at radius 3 is 2.53 bits per heavy atom. The lowest BCUT2D eigenvalue weighted by molar-refractivity contribution is 0.0682. The number of ether oxygens (including phenoxy) is 1. The number of benzene rings is 1. The van der Waals surface area contributed by atoms with Crippen LogP contribution < -0.4 is 4.74 Å². The van der Waals surface area contributed by atoms with E-state index in [-0.39, 0.29) is 18.6 Å². The molecule has 0 spiro atoms. The molecule has 1 unspecified atom stereocenters. The Bertz CT molecular complexity index is 389. The number of hydrogen-bond donors (Lipinski definition) is 1. The maximum absolute atomic E-state index is 12.1. The molecule has 0 bridgehead atoms. The van der Waals surface area contributed by atoms with E-state index in [0.717, 1.165) is 18.6 Å². The van der Waals surface area contributed by atoms with Crippen molar-refractivity contribution >= 4 is 5.91 Å². The fourth-order valence-corrected chi connectivity index (χ4v) is 1.55. The molecule has 1 aromatic rings. The van der Waals surface area contributed by atoms with Crippen LogP contribution in [-0.4, -0.2) is 42.2 Å². The lowest BCUT2D eigenvalue weighted by Crippen LogP contribution is -2.37. The van der Waals surface area contributed by atoms with E-state index in [1.165, 1.54) is 4.90 Å². The predicted molar refractivity (Wildman–Crippen MR) is 75.5 cm³/mol. The lowest BCUT2D eigenvalue weighted by Gasteiger charge is -2.23. The quantitative estimate of drug-likeness (QED) is 0.770. The Hall–Kier alpha value is -1.55. The van der Waals surface area contributed by atoms with E-state index in [2.05, 4.69) is 6.92 Å².